The fourth-order valence-electron chi connectivity index (χ4n) is 3.54. The molecular weight excluding hydrogens is 402 g/mol. The van der Waals surface area contributed by atoms with Crippen molar-refractivity contribution < 1.29 is 14.4 Å². The highest BCUT2D eigenvalue weighted by Gasteiger charge is 2.35. The topological polar surface area (TPSA) is 69.7 Å². The third kappa shape index (κ3) is 4.82. The van der Waals surface area contributed by atoms with Gasteiger partial charge in [-0.3, -0.25) is 14.4 Å². The maximum absolute atomic E-state index is 13.1. The van der Waals surface area contributed by atoms with Crippen molar-refractivity contribution in [3.8, 4) is 0 Å². The second-order valence-corrected chi connectivity index (χ2v) is 8.23. The number of nitrogens with zero attached hydrogens (tertiary/aromatic N) is 2. The zero-order chi connectivity index (χ0) is 21.7. The summed E-state index contributed by atoms with van der Waals surface area (Å²) in [4.78, 5) is 41.2. The normalized spacial score (nSPS) is 14.4. The lowest BCUT2D eigenvalue weighted by atomic mass is 9.83. The smallest absolute Gasteiger partial charge is 0.253 e. The molecule has 0 atom stereocenters. The van der Waals surface area contributed by atoms with Crippen LogP contribution in [0, 0.1) is 0 Å². The van der Waals surface area contributed by atoms with E-state index in [4.69, 9.17) is 11.6 Å². The molecule has 2 aromatic carbocycles. The van der Waals surface area contributed by atoms with E-state index in [2.05, 4.69) is 5.32 Å². The number of hydrogen-bond donors (Lipinski definition) is 1. The number of amides is 3. The molecule has 2 aromatic rings. The summed E-state index contributed by atoms with van der Waals surface area (Å²) in [6.45, 7) is 5.57. The SMILES string of the molecule is CC(C)(C(=O)N1CCN(C(=O)CNC(=O)c2ccccc2Cl)CC1)c1ccccc1. The molecule has 158 valence electrons. The predicted molar refractivity (Wildman–Crippen MR) is 116 cm³/mol. The van der Waals surface area contributed by atoms with Crippen LogP contribution in [0.5, 0.6) is 0 Å². The van der Waals surface area contributed by atoms with Gasteiger partial charge in [-0.25, -0.2) is 0 Å². The second kappa shape index (κ2) is 9.30. The first-order valence-corrected chi connectivity index (χ1v) is 10.3. The Morgan fingerprint density at radius 3 is 2.10 bits per heavy atom. The molecule has 0 spiro atoms. The first-order valence-electron chi connectivity index (χ1n) is 9.96. The summed E-state index contributed by atoms with van der Waals surface area (Å²) < 4.78 is 0. The summed E-state index contributed by atoms with van der Waals surface area (Å²) in [5.41, 5.74) is 0.678. The number of hydrogen-bond acceptors (Lipinski definition) is 3. The van der Waals surface area contributed by atoms with Crippen molar-refractivity contribution in [1.29, 1.82) is 0 Å². The Hall–Kier alpha value is -2.86. The van der Waals surface area contributed by atoms with E-state index in [0.717, 1.165) is 5.56 Å². The van der Waals surface area contributed by atoms with Crippen molar-refractivity contribution in [2.45, 2.75) is 19.3 Å². The van der Waals surface area contributed by atoms with Crippen LogP contribution in [0.1, 0.15) is 29.8 Å². The second-order valence-electron chi connectivity index (χ2n) is 7.83. The molecule has 0 aliphatic carbocycles. The zero-order valence-corrected chi connectivity index (χ0v) is 18.0. The molecule has 0 bridgehead atoms. The summed E-state index contributed by atoms with van der Waals surface area (Å²) >= 11 is 6.02. The van der Waals surface area contributed by atoms with Gasteiger partial charge in [0, 0.05) is 26.2 Å². The fraction of sp³-hybridized carbons (Fsp3) is 0.348. The van der Waals surface area contributed by atoms with Crippen LogP contribution >= 0.6 is 11.6 Å². The van der Waals surface area contributed by atoms with Gasteiger partial charge in [0.15, 0.2) is 0 Å². The van der Waals surface area contributed by atoms with Crippen LogP contribution in [0.25, 0.3) is 0 Å². The minimum absolute atomic E-state index is 0.0489. The molecule has 6 nitrogen and oxygen atoms in total. The molecule has 0 unspecified atom stereocenters. The molecule has 30 heavy (non-hydrogen) atoms. The lowest BCUT2D eigenvalue weighted by Gasteiger charge is -2.38. The Bertz CT molecular complexity index is 922. The lowest BCUT2D eigenvalue weighted by Crippen LogP contribution is -2.55. The number of carbonyl (C=O) groups is 3. The lowest BCUT2D eigenvalue weighted by molar-refractivity contribution is -0.142. The van der Waals surface area contributed by atoms with Crippen LogP contribution in [0.4, 0.5) is 0 Å². The highest BCUT2D eigenvalue weighted by molar-refractivity contribution is 6.33. The van der Waals surface area contributed by atoms with Crippen molar-refractivity contribution in [3.05, 3.63) is 70.7 Å². The number of piperazine rings is 1. The molecule has 1 saturated heterocycles. The standard InChI is InChI=1S/C23H26ClN3O3/c1-23(2,17-8-4-3-5-9-17)22(30)27-14-12-26(13-15-27)20(28)16-25-21(29)18-10-6-7-11-19(18)24/h3-11H,12-16H2,1-2H3,(H,25,29). The van der Waals surface area contributed by atoms with E-state index in [9.17, 15) is 14.4 Å². The average Bonchev–Trinajstić information content (AvgIpc) is 2.77. The average molecular weight is 428 g/mol. The Kier molecular flexibility index (Phi) is 6.77. The van der Waals surface area contributed by atoms with Crippen LogP contribution in [0.15, 0.2) is 54.6 Å². The molecule has 0 aromatic heterocycles. The van der Waals surface area contributed by atoms with Crippen LogP contribution in [-0.4, -0.2) is 60.2 Å². The first-order chi connectivity index (χ1) is 14.3. The van der Waals surface area contributed by atoms with Crippen LogP contribution < -0.4 is 5.32 Å². The van der Waals surface area contributed by atoms with Gasteiger partial charge < -0.3 is 15.1 Å². The van der Waals surface area contributed by atoms with Crippen LogP contribution in [-0.2, 0) is 15.0 Å². The highest BCUT2D eigenvalue weighted by atomic mass is 35.5. The number of nitrogens with one attached hydrogen (secondary N) is 1. The van der Waals surface area contributed by atoms with Gasteiger partial charge in [-0.1, -0.05) is 54.1 Å². The third-order valence-electron chi connectivity index (χ3n) is 5.47. The van der Waals surface area contributed by atoms with Crippen molar-refractivity contribution in [2.75, 3.05) is 32.7 Å². The summed E-state index contributed by atoms with van der Waals surface area (Å²) in [5.74, 6) is -0.509. The molecule has 7 heteroatoms. The van der Waals surface area contributed by atoms with Gasteiger partial charge in [-0.15, -0.1) is 0 Å². The van der Waals surface area contributed by atoms with Gasteiger partial charge in [0.25, 0.3) is 5.91 Å². The number of rotatable bonds is 5. The Balaban J connectivity index is 1.51. The molecular formula is C23H26ClN3O3. The van der Waals surface area contributed by atoms with Gasteiger partial charge >= 0.3 is 0 Å². The predicted octanol–water partition coefficient (Wildman–Crippen LogP) is 2.72. The molecule has 0 saturated carbocycles. The van der Waals surface area contributed by atoms with Crippen molar-refractivity contribution in [2.24, 2.45) is 0 Å². The van der Waals surface area contributed by atoms with Gasteiger partial charge in [-0.05, 0) is 31.5 Å². The van der Waals surface area contributed by atoms with E-state index in [-0.39, 0.29) is 24.3 Å². The number of halogens is 1. The Morgan fingerprint density at radius 2 is 1.47 bits per heavy atom. The highest BCUT2D eigenvalue weighted by Crippen LogP contribution is 2.26. The number of benzene rings is 2. The maximum atomic E-state index is 13.1. The number of carbonyl (C=O) groups excluding carboxylic acids is 3. The van der Waals surface area contributed by atoms with Crippen LogP contribution in [0.3, 0.4) is 0 Å². The van der Waals surface area contributed by atoms with Crippen molar-refractivity contribution in [3.63, 3.8) is 0 Å². The first kappa shape index (κ1) is 21.8. The third-order valence-corrected chi connectivity index (χ3v) is 5.80. The minimum atomic E-state index is -0.629. The Labute approximate surface area is 181 Å². The van der Waals surface area contributed by atoms with Gasteiger partial charge in [0.2, 0.25) is 11.8 Å². The molecule has 1 fully saturated rings. The summed E-state index contributed by atoms with van der Waals surface area (Å²) in [5, 5.41) is 2.96. The van der Waals surface area contributed by atoms with E-state index in [1.165, 1.54) is 0 Å². The van der Waals surface area contributed by atoms with Crippen LogP contribution in [0.2, 0.25) is 5.02 Å². The van der Waals surface area contributed by atoms with Gasteiger partial charge in [0.05, 0.1) is 22.5 Å². The molecule has 1 heterocycles. The maximum Gasteiger partial charge on any atom is 0.253 e. The molecule has 3 rings (SSSR count). The van der Waals surface area contributed by atoms with Crippen molar-refractivity contribution in [1.82, 2.24) is 15.1 Å². The van der Waals surface area contributed by atoms with E-state index in [0.29, 0.717) is 36.8 Å². The summed E-state index contributed by atoms with van der Waals surface area (Å²) in [7, 11) is 0. The van der Waals surface area contributed by atoms with E-state index in [1.807, 2.05) is 44.2 Å². The van der Waals surface area contributed by atoms with E-state index < -0.39 is 5.41 Å². The molecule has 0 radical (unpaired) electrons. The quantitative estimate of drug-likeness (QED) is 0.797. The van der Waals surface area contributed by atoms with E-state index in [1.54, 1.807) is 34.1 Å². The molecule has 1 N–H and O–H groups in total. The van der Waals surface area contributed by atoms with Gasteiger partial charge in [0.1, 0.15) is 0 Å². The fourth-order valence-corrected chi connectivity index (χ4v) is 3.76. The minimum Gasteiger partial charge on any atom is -0.343 e. The molecule has 3 amide bonds. The Morgan fingerprint density at radius 1 is 0.900 bits per heavy atom. The van der Waals surface area contributed by atoms with E-state index >= 15 is 0 Å². The largest absolute Gasteiger partial charge is 0.343 e. The summed E-state index contributed by atoms with van der Waals surface area (Å²) in [6.07, 6.45) is 0. The monoisotopic (exact) mass is 427 g/mol. The molecule has 1 aliphatic heterocycles. The van der Waals surface area contributed by atoms with Crippen molar-refractivity contribution >= 4 is 29.3 Å². The van der Waals surface area contributed by atoms with Gasteiger partial charge in [-0.2, -0.15) is 0 Å². The zero-order valence-electron chi connectivity index (χ0n) is 17.2. The summed E-state index contributed by atoms with van der Waals surface area (Å²) in [6, 6.07) is 16.4. The molecule has 1 aliphatic rings.